The number of ether oxygens (including phenoxy) is 1. The van der Waals surface area contributed by atoms with Crippen molar-refractivity contribution >= 4 is 5.97 Å². The van der Waals surface area contributed by atoms with Crippen molar-refractivity contribution in [1.29, 1.82) is 0 Å². The van der Waals surface area contributed by atoms with Gasteiger partial charge in [0, 0.05) is 19.1 Å². The average Bonchev–Trinajstić information content (AvgIpc) is 2.15. The summed E-state index contributed by atoms with van der Waals surface area (Å²) >= 11 is 0. The largest absolute Gasteiger partial charge is 0.469 e. The van der Waals surface area contributed by atoms with Crippen molar-refractivity contribution in [2.75, 3.05) is 26.8 Å². The van der Waals surface area contributed by atoms with Gasteiger partial charge in [0.15, 0.2) is 0 Å². The van der Waals surface area contributed by atoms with E-state index in [4.69, 9.17) is 9.84 Å². The molecule has 0 fully saturated rings. The van der Waals surface area contributed by atoms with E-state index in [2.05, 4.69) is 4.90 Å². The number of esters is 1. The monoisotopic (exact) mass is 217 g/mol. The summed E-state index contributed by atoms with van der Waals surface area (Å²) in [4.78, 5) is 13.6. The zero-order valence-corrected chi connectivity index (χ0v) is 10.4. The lowest BCUT2D eigenvalue weighted by molar-refractivity contribution is -0.152. The fraction of sp³-hybridized carbons (Fsp3) is 0.909. The Balaban J connectivity index is 4.44. The molecule has 0 aliphatic carbocycles. The van der Waals surface area contributed by atoms with Crippen molar-refractivity contribution < 1.29 is 14.6 Å². The molecule has 0 aromatic rings. The third-order valence-corrected chi connectivity index (χ3v) is 2.45. The molecule has 90 valence electrons. The van der Waals surface area contributed by atoms with Gasteiger partial charge in [-0.05, 0) is 27.7 Å². The molecule has 4 heteroatoms. The van der Waals surface area contributed by atoms with Crippen LogP contribution in [-0.2, 0) is 9.53 Å². The predicted octanol–water partition coefficient (Wildman–Crippen LogP) is 0.888. The summed E-state index contributed by atoms with van der Waals surface area (Å²) in [5.41, 5.74) is -0.534. The third-order valence-electron chi connectivity index (χ3n) is 2.45. The zero-order valence-electron chi connectivity index (χ0n) is 10.4. The number of hydrogen-bond donors (Lipinski definition) is 1. The summed E-state index contributed by atoms with van der Waals surface area (Å²) in [7, 11) is 1.40. The van der Waals surface area contributed by atoms with Gasteiger partial charge < -0.3 is 9.84 Å². The van der Waals surface area contributed by atoms with E-state index in [1.165, 1.54) is 7.11 Å². The zero-order chi connectivity index (χ0) is 12.1. The van der Waals surface area contributed by atoms with Crippen molar-refractivity contribution in [2.45, 2.75) is 33.7 Å². The van der Waals surface area contributed by atoms with E-state index in [1.54, 1.807) is 0 Å². The Morgan fingerprint density at radius 3 is 2.33 bits per heavy atom. The average molecular weight is 217 g/mol. The van der Waals surface area contributed by atoms with Crippen LogP contribution in [0.25, 0.3) is 0 Å². The van der Waals surface area contributed by atoms with Crippen LogP contribution in [0.2, 0.25) is 0 Å². The Morgan fingerprint density at radius 2 is 2.00 bits per heavy atom. The maximum Gasteiger partial charge on any atom is 0.312 e. The molecule has 0 bridgehead atoms. The summed E-state index contributed by atoms with van der Waals surface area (Å²) in [6, 6.07) is 0.307. The quantitative estimate of drug-likeness (QED) is 0.671. The van der Waals surface area contributed by atoms with E-state index < -0.39 is 5.41 Å². The number of aliphatic hydroxyl groups is 1. The predicted molar refractivity (Wildman–Crippen MR) is 59.6 cm³/mol. The molecule has 0 unspecified atom stereocenters. The second-order valence-corrected chi connectivity index (χ2v) is 4.66. The van der Waals surface area contributed by atoms with Crippen LogP contribution in [0.15, 0.2) is 0 Å². The number of methoxy groups -OCH3 is 1. The Bertz CT molecular complexity index is 202. The molecule has 15 heavy (non-hydrogen) atoms. The van der Waals surface area contributed by atoms with Gasteiger partial charge in [-0.1, -0.05) is 0 Å². The molecule has 1 N–H and O–H groups in total. The highest BCUT2D eigenvalue weighted by Crippen LogP contribution is 2.19. The van der Waals surface area contributed by atoms with Crippen molar-refractivity contribution in [1.82, 2.24) is 4.90 Å². The molecule has 0 saturated carbocycles. The summed E-state index contributed by atoms with van der Waals surface area (Å²) in [6.45, 7) is 9.08. The van der Waals surface area contributed by atoms with Gasteiger partial charge in [-0.2, -0.15) is 0 Å². The molecule has 4 nitrogen and oxygen atoms in total. The van der Waals surface area contributed by atoms with E-state index in [1.807, 2.05) is 27.7 Å². The molecular formula is C11H23NO3. The number of hydrogen-bond acceptors (Lipinski definition) is 4. The topological polar surface area (TPSA) is 49.8 Å². The fourth-order valence-corrected chi connectivity index (χ4v) is 1.50. The SMILES string of the molecule is COC(=O)C(C)(C)CN(CCO)C(C)C. The van der Waals surface area contributed by atoms with Crippen LogP contribution in [0.5, 0.6) is 0 Å². The van der Waals surface area contributed by atoms with E-state index >= 15 is 0 Å². The molecule has 0 saturated heterocycles. The Labute approximate surface area is 92.2 Å². The molecule has 0 radical (unpaired) electrons. The normalized spacial score (nSPS) is 12.3. The van der Waals surface area contributed by atoms with Gasteiger partial charge in [-0.3, -0.25) is 9.69 Å². The fourth-order valence-electron chi connectivity index (χ4n) is 1.50. The lowest BCUT2D eigenvalue weighted by atomic mass is 9.92. The van der Waals surface area contributed by atoms with E-state index in [0.29, 0.717) is 19.1 Å². The highest BCUT2D eigenvalue weighted by atomic mass is 16.5. The van der Waals surface area contributed by atoms with E-state index in [0.717, 1.165) is 0 Å². The minimum atomic E-state index is -0.534. The number of carbonyl (C=O) groups excluding carboxylic acids is 1. The molecule has 0 aliphatic heterocycles. The van der Waals surface area contributed by atoms with Crippen LogP contribution >= 0.6 is 0 Å². The van der Waals surface area contributed by atoms with Gasteiger partial charge in [0.05, 0.1) is 19.1 Å². The van der Waals surface area contributed by atoms with Crippen molar-refractivity contribution in [2.24, 2.45) is 5.41 Å². The van der Waals surface area contributed by atoms with Crippen LogP contribution in [0.1, 0.15) is 27.7 Å². The highest BCUT2D eigenvalue weighted by Gasteiger charge is 2.31. The molecule has 0 atom stereocenters. The molecule has 0 aromatic heterocycles. The summed E-state index contributed by atoms with van der Waals surface area (Å²) in [5.74, 6) is -0.217. The van der Waals surface area contributed by atoms with Crippen LogP contribution in [0.3, 0.4) is 0 Å². The van der Waals surface area contributed by atoms with Gasteiger partial charge in [0.25, 0.3) is 0 Å². The minimum Gasteiger partial charge on any atom is -0.469 e. The minimum absolute atomic E-state index is 0.107. The van der Waals surface area contributed by atoms with Crippen molar-refractivity contribution in [3.8, 4) is 0 Å². The molecule has 0 spiro atoms. The molecule has 0 aliphatic rings. The Morgan fingerprint density at radius 1 is 1.47 bits per heavy atom. The molecular weight excluding hydrogens is 194 g/mol. The van der Waals surface area contributed by atoms with Gasteiger partial charge in [0.1, 0.15) is 0 Å². The third kappa shape index (κ3) is 4.62. The molecule has 0 heterocycles. The van der Waals surface area contributed by atoms with E-state index in [-0.39, 0.29) is 12.6 Å². The standard InChI is InChI=1S/C11H23NO3/c1-9(2)12(6-7-13)8-11(3,4)10(14)15-5/h9,13H,6-8H2,1-5H3. The van der Waals surface area contributed by atoms with Crippen LogP contribution in [0, 0.1) is 5.41 Å². The first kappa shape index (κ1) is 14.4. The second-order valence-electron chi connectivity index (χ2n) is 4.66. The van der Waals surface area contributed by atoms with E-state index in [9.17, 15) is 4.79 Å². The molecule has 0 aromatic carbocycles. The smallest absolute Gasteiger partial charge is 0.312 e. The van der Waals surface area contributed by atoms with Gasteiger partial charge in [0.2, 0.25) is 0 Å². The molecule has 0 amide bonds. The van der Waals surface area contributed by atoms with Gasteiger partial charge in [-0.15, -0.1) is 0 Å². The van der Waals surface area contributed by atoms with Crippen molar-refractivity contribution in [3.05, 3.63) is 0 Å². The number of rotatable bonds is 6. The van der Waals surface area contributed by atoms with Crippen LogP contribution < -0.4 is 0 Å². The summed E-state index contributed by atoms with van der Waals surface area (Å²) < 4.78 is 4.75. The summed E-state index contributed by atoms with van der Waals surface area (Å²) in [6.07, 6.45) is 0. The maximum atomic E-state index is 11.5. The molecule has 0 rings (SSSR count). The summed E-state index contributed by atoms with van der Waals surface area (Å²) in [5, 5.41) is 8.92. The lowest BCUT2D eigenvalue weighted by Gasteiger charge is -2.32. The first-order valence-corrected chi connectivity index (χ1v) is 5.28. The Kier molecular flexibility index (Phi) is 5.83. The van der Waals surface area contributed by atoms with Crippen LogP contribution in [0.4, 0.5) is 0 Å². The number of nitrogens with zero attached hydrogens (tertiary/aromatic N) is 1. The lowest BCUT2D eigenvalue weighted by Crippen LogP contribution is -2.44. The van der Waals surface area contributed by atoms with Crippen molar-refractivity contribution in [3.63, 3.8) is 0 Å². The maximum absolute atomic E-state index is 11.5. The van der Waals surface area contributed by atoms with Gasteiger partial charge in [-0.25, -0.2) is 0 Å². The highest BCUT2D eigenvalue weighted by molar-refractivity contribution is 5.76. The first-order chi connectivity index (χ1) is 6.85. The van der Waals surface area contributed by atoms with Crippen LogP contribution in [-0.4, -0.2) is 48.8 Å². The second kappa shape index (κ2) is 6.08. The number of aliphatic hydroxyl groups excluding tert-OH is 1. The number of carbonyl (C=O) groups is 1. The Hall–Kier alpha value is -0.610. The first-order valence-electron chi connectivity index (χ1n) is 5.28. The van der Waals surface area contributed by atoms with Gasteiger partial charge >= 0.3 is 5.97 Å².